The molecule has 1 heterocycles. The van der Waals surface area contributed by atoms with Crippen LogP contribution in [0.5, 0.6) is 0 Å². The van der Waals surface area contributed by atoms with Crippen LogP contribution in [0.3, 0.4) is 0 Å². The molecule has 1 rings (SSSR count). The molecular formula is C9H15N5O4. The summed E-state index contributed by atoms with van der Waals surface area (Å²) in [6.07, 6.45) is 1.71. The van der Waals surface area contributed by atoms with E-state index in [9.17, 15) is 9.59 Å². The van der Waals surface area contributed by atoms with E-state index in [0.29, 0.717) is 13.1 Å². The number of aliphatic carboxylic acids is 1. The molecule has 9 nitrogen and oxygen atoms in total. The third-order valence-electron chi connectivity index (χ3n) is 2.09. The summed E-state index contributed by atoms with van der Waals surface area (Å²) in [4.78, 5) is 21.5. The number of carbonyl (C=O) groups is 2. The number of nitrogens with one attached hydrogen (secondary N) is 2. The fourth-order valence-corrected chi connectivity index (χ4v) is 1.14. The zero-order valence-electron chi connectivity index (χ0n) is 9.61. The van der Waals surface area contributed by atoms with E-state index in [1.54, 1.807) is 10.9 Å². The van der Waals surface area contributed by atoms with Crippen molar-refractivity contribution >= 4 is 12.0 Å². The number of carboxylic acids is 1. The van der Waals surface area contributed by atoms with Gasteiger partial charge in [0, 0.05) is 25.7 Å². The number of rotatable bonds is 7. The van der Waals surface area contributed by atoms with Gasteiger partial charge in [-0.25, -0.2) is 9.59 Å². The van der Waals surface area contributed by atoms with Crippen LogP contribution in [-0.4, -0.2) is 56.4 Å². The van der Waals surface area contributed by atoms with Crippen molar-refractivity contribution < 1.29 is 19.8 Å². The molecule has 1 atom stereocenters. The standard InChI is InChI=1S/C9H15N5O4/c15-7(8(16)17)1-2-10-9(18)11-3-5-14-6-4-12-13-14/h4,6-7,15H,1-3,5H2,(H,16,17)(H2,10,11,18). The molecule has 18 heavy (non-hydrogen) atoms. The Morgan fingerprint density at radius 1 is 1.33 bits per heavy atom. The molecule has 0 saturated carbocycles. The number of aromatic nitrogens is 3. The summed E-state index contributed by atoms with van der Waals surface area (Å²) in [6, 6.07) is -0.423. The molecule has 2 amide bonds. The average molecular weight is 257 g/mol. The lowest BCUT2D eigenvalue weighted by molar-refractivity contribution is -0.146. The van der Waals surface area contributed by atoms with E-state index in [4.69, 9.17) is 10.2 Å². The number of hydrogen-bond donors (Lipinski definition) is 4. The molecule has 0 aromatic carbocycles. The van der Waals surface area contributed by atoms with Crippen molar-refractivity contribution in [2.45, 2.75) is 19.1 Å². The van der Waals surface area contributed by atoms with Gasteiger partial charge in [-0.05, 0) is 0 Å². The number of carboxylic acid groups (broad SMARTS) is 1. The van der Waals surface area contributed by atoms with Gasteiger partial charge >= 0.3 is 12.0 Å². The minimum Gasteiger partial charge on any atom is -0.479 e. The molecule has 0 saturated heterocycles. The first-order valence-corrected chi connectivity index (χ1v) is 5.36. The smallest absolute Gasteiger partial charge is 0.332 e. The van der Waals surface area contributed by atoms with Crippen molar-refractivity contribution in [3.05, 3.63) is 12.4 Å². The number of aliphatic hydroxyl groups excluding tert-OH is 1. The zero-order valence-corrected chi connectivity index (χ0v) is 9.61. The van der Waals surface area contributed by atoms with Crippen molar-refractivity contribution in [3.8, 4) is 0 Å². The van der Waals surface area contributed by atoms with Gasteiger partial charge in [0.15, 0.2) is 6.10 Å². The van der Waals surface area contributed by atoms with E-state index in [0.717, 1.165) is 0 Å². The first kappa shape index (κ1) is 13.9. The zero-order chi connectivity index (χ0) is 13.4. The summed E-state index contributed by atoms with van der Waals surface area (Å²) in [6.45, 7) is 0.949. The maximum absolute atomic E-state index is 11.2. The van der Waals surface area contributed by atoms with E-state index in [2.05, 4.69) is 20.9 Å². The minimum absolute atomic E-state index is 0.0359. The Kier molecular flexibility index (Phi) is 5.58. The van der Waals surface area contributed by atoms with E-state index in [1.807, 2.05) is 0 Å². The Bertz CT molecular complexity index is 380. The largest absolute Gasteiger partial charge is 0.479 e. The normalized spacial score (nSPS) is 11.8. The molecule has 0 aliphatic carbocycles. The molecule has 1 unspecified atom stereocenters. The van der Waals surface area contributed by atoms with Gasteiger partial charge in [0.25, 0.3) is 0 Å². The minimum atomic E-state index is -1.46. The maximum Gasteiger partial charge on any atom is 0.332 e. The van der Waals surface area contributed by atoms with Gasteiger partial charge in [0.05, 0.1) is 12.7 Å². The summed E-state index contributed by atoms with van der Waals surface area (Å²) in [5.41, 5.74) is 0. The average Bonchev–Trinajstić information content (AvgIpc) is 2.81. The Morgan fingerprint density at radius 2 is 2.06 bits per heavy atom. The lowest BCUT2D eigenvalue weighted by Crippen LogP contribution is -2.39. The second-order valence-corrected chi connectivity index (χ2v) is 3.49. The molecular weight excluding hydrogens is 242 g/mol. The number of aliphatic hydroxyl groups is 1. The second-order valence-electron chi connectivity index (χ2n) is 3.49. The molecule has 0 bridgehead atoms. The Hall–Kier alpha value is -2.16. The summed E-state index contributed by atoms with van der Waals surface area (Å²) in [5.74, 6) is -1.30. The van der Waals surface area contributed by atoms with E-state index in [1.165, 1.54) is 6.20 Å². The molecule has 0 aliphatic heterocycles. The Balaban J connectivity index is 2.05. The molecule has 0 aliphatic rings. The van der Waals surface area contributed by atoms with Crippen LogP contribution in [0.1, 0.15) is 6.42 Å². The summed E-state index contributed by atoms with van der Waals surface area (Å²) in [5, 5.41) is 29.7. The predicted molar refractivity (Wildman–Crippen MR) is 59.7 cm³/mol. The summed E-state index contributed by atoms with van der Waals surface area (Å²) >= 11 is 0. The number of urea groups is 1. The van der Waals surface area contributed by atoms with Crippen LogP contribution < -0.4 is 10.6 Å². The molecule has 0 fully saturated rings. The number of hydrogen-bond acceptors (Lipinski definition) is 5. The van der Waals surface area contributed by atoms with Crippen LogP contribution in [0.4, 0.5) is 4.79 Å². The van der Waals surface area contributed by atoms with Crippen LogP contribution >= 0.6 is 0 Å². The van der Waals surface area contributed by atoms with Crippen LogP contribution in [0.15, 0.2) is 12.4 Å². The molecule has 9 heteroatoms. The molecule has 4 N–H and O–H groups in total. The summed E-state index contributed by atoms with van der Waals surface area (Å²) < 4.78 is 1.56. The van der Waals surface area contributed by atoms with Crippen LogP contribution in [0.2, 0.25) is 0 Å². The van der Waals surface area contributed by atoms with Crippen molar-refractivity contribution in [2.75, 3.05) is 13.1 Å². The summed E-state index contributed by atoms with van der Waals surface area (Å²) in [7, 11) is 0. The van der Waals surface area contributed by atoms with Gasteiger partial charge in [-0.2, -0.15) is 0 Å². The van der Waals surface area contributed by atoms with Crippen molar-refractivity contribution in [1.29, 1.82) is 0 Å². The third-order valence-corrected chi connectivity index (χ3v) is 2.09. The first-order valence-electron chi connectivity index (χ1n) is 5.36. The highest BCUT2D eigenvalue weighted by Crippen LogP contribution is 1.89. The van der Waals surface area contributed by atoms with Gasteiger partial charge < -0.3 is 20.8 Å². The topological polar surface area (TPSA) is 129 Å². The first-order chi connectivity index (χ1) is 8.59. The third kappa shape index (κ3) is 5.25. The van der Waals surface area contributed by atoms with Gasteiger partial charge in [0.2, 0.25) is 0 Å². The lowest BCUT2D eigenvalue weighted by atomic mass is 10.2. The predicted octanol–water partition coefficient (Wildman–Crippen LogP) is -1.59. The van der Waals surface area contributed by atoms with Crippen LogP contribution in [0, 0.1) is 0 Å². The molecule has 100 valence electrons. The monoisotopic (exact) mass is 257 g/mol. The van der Waals surface area contributed by atoms with Crippen molar-refractivity contribution in [2.24, 2.45) is 0 Å². The highest BCUT2D eigenvalue weighted by atomic mass is 16.4. The second kappa shape index (κ2) is 7.22. The molecule has 0 radical (unpaired) electrons. The van der Waals surface area contributed by atoms with Crippen LogP contribution in [-0.2, 0) is 11.3 Å². The maximum atomic E-state index is 11.2. The molecule has 1 aromatic heterocycles. The van der Waals surface area contributed by atoms with E-state index < -0.39 is 18.1 Å². The number of nitrogens with zero attached hydrogens (tertiary/aromatic N) is 3. The highest BCUT2D eigenvalue weighted by molar-refractivity contribution is 5.74. The fourth-order valence-electron chi connectivity index (χ4n) is 1.14. The van der Waals surface area contributed by atoms with E-state index in [-0.39, 0.29) is 13.0 Å². The van der Waals surface area contributed by atoms with Gasteiger partial charge in [-0.15, -0.1) is 5.10 Å². The number of carbonyl (C=O) groups excluding carboxylic acids is 1. The van der Waals surface area contributed by atoms with E-state index >= 15 is 0 Å². The van der Waals surface area contributed by atoms with Crippen molar-refractivity contribution in [3.63, 3.8) is 0 Å². The quantitative estimate of drug-likeness (QED) is 0.466. The highest BCUT2D eigenvalue weighted by Gasteiger charge is 2.12. The lowest BCUT2D eigenvalue weighted by Gasteiger charge is -2.08. The van der Waals surface area contributed by atoms with Gasteiger partial charge in [-0.3, -0.25) is 4.68 Å². The molecule has 1 aromatic rings. The SMILES string of the molecule is O=C(NCCC(O)C(=O)O)NCCn1ccnn1. The Labute approximate surface area is 103 Å². The van der Waals surface area contributed by atoms with Gasteiger partial charge in [0.1, 0.15) is 0 Å². The fraction of sp³-hybridized carbons (Fsp3) is 0.556. The Morgan fingerprint density at radius 3 is 2.67 bits per heavy atom. The molecule has 0 spiro atoms. The van der Waals surface area contributed by atoms with Crippen LogP contribution in [0.25, 0.3) is 0 Å². The van der Waals surface area contributed by atoms with Gasteiger partial charge in [-0.1, -0.05) is 5.21 Å². The number of amides is 2. The van der Waals surface area contributed by atoms with Crippen molar-refractivity contribution in [1.82, 2.24) is 25.6 Å².